The van der Waals surface area contributed by atoms with Crippen LogP contribution in [-0.2, 0) is 33.2 Å². The zero-order chi connectivity index (χ0) is 72.5. The Morgan fingerprint density at radius 2 is 0.700 bits per heavy atom. The van der Waals surface area contributed by atoms with Gasteiger partial charge in [-0.3, -0.25) is 4.79 Å². The average molecular weight is 1420 g/mol. The Hall–Kier alpha value is -2.77. The monoisotopic (exact) mass is 1420 g/mol. The van der Waals surface area contributed by atoms with E-state index in [1.54, 1.807) is 6.08 Å². The highest BCUT2D eigenvalue weighted by Crippen LogP contribution is 2.33. The van der Waals surface area contributed by atoms with Gasteiger partial charge < -0.3 is 89.9 Å². The van der Waals surface area contributed by atoms with Crippen molar-refractivity contribution in [3.63, 3.8) is 0 Å². The standard InChI is InChI=1S/C81H145NO18/c1-3-5-7-9-11-13-15-17-19-21-23-24-25-26-27-28-29-30-31-32-33-34-35-36-37-38-39-40-41-43-45-47-49-51-53-55-57-59-69(87)82-64(65(86)58-56-54-52-50-48-46-44-42-22-20-18-16-14-12-10-8-6-4-2)63-95-79-75(93)72(90)77(67(61-84)97-79)100-81-76(94)73(91)78(68(62-85)98-81)99-80-74(92)71(89)70(88)66(60-83)96-80/h5,7,11,13,17,19,23-24,48,50,56,58,64-68,70-81,83-86,88-94H,3-4,6,8-10,12,14-16,18,20-22,25-47,49,51-55,57,59-63H2,1-2H3,(H,82,87)/b7-5-,13-11-,19-17-,24-23-,50-48+,58-56+. The highest BCUT2D eigenvalue weighted by molar-refractivity contribution is 5.76. The first-order valence-electron chi connectivity index (χ1n) is 40.2. The summed E-state index contributed by atoms with van der Waals surface area (Å²) in [5.41, 5.74) is 0. The lowest BCUT2D eigenvalue weighted by Gasteiger charge is -2.48. The van der Waals surface area contributed by atoms with E-state index in [0.29, 0.717) is 12.8 Å². The molecule has 0 bridgehead atoms. The Morgan fingerprint density at radius 3 is 1.12 bits per heavy atom. The minimum absolute atomic E-state index is 0.237. The van der Waals surface area contributed by atoms with E-state index in [4.69, 9.17) is 28.4 Å². The molecule has 19 nitrogen and oxygen atoms in total. The van der Waals surface area contributed by atoms with Crippen molar-refractivity contribution in [1.29, 1.82) is 0 Å². The van der Waals surface area contributed by atoms with Gasteiger partial charge in [0.1, 0.15) is 73.2 Å². The maximum Gasteiger partial charge on any atom is 0.220 e. The Labute approximate surface area is 604 Å². The first kappa shape index (κ1) is 91.4. The number of carbonyl (C=O) groups is 1. The molecule has 3 heterocycles. The van der Waals surface area contributed by atoms with Crippen LogP contribution in [0.25, 0.3) is 0 Å². The van der Waals surface area contributed by atoms with Gasteiger partial charge in [-0.2, -0.15) is 0 Å². The van der Waals surface area contributed by atoms with Crippen LogP contribution in [0.4, 0.5) is 0 Å². The number of amides is 1. The van der Waals surface area contributed by atoms with E-state index in [9.17, 15) is 61.0 Å². The lowest BCUT2D eigenvalue weighted by Crippen LogP contribution is -2.66. The minimum atomic E-state index is -1.98. The highest BCUT2D eigenvalue weighted by atomic mass is 16.8. The van der Waals surface area contributed by atoms with Crippen LogP contribution in [0.3, 0.4) is 0 Å². The van der Waals surface area contributed by atoms with E-state index in [1.807, 2.05) is 6.08 Å². The fourth-order valence-corrected chi connectivity index (χ4v) is 13.3. The van der Waals surface area contributed by atoms with Crippen LogP contribution in [0.5, 0.6) is 0 Å². The fourth-order valence-electron chi connectivity index (χ4n) is 13.3. The van der Waals surface area contributed by atoms with Gasteiger partial charge in [0.25, 0.3) is 0 Å². The summed E-state index contributed by atoms with van der Waals surface area (Å²) in [6, 6.07) is -0.991. The third kappa shape index (κ3) is 41.2. The summed E-state index contributed by atoms with van der Waals surface area (Å²) in [5, 5.41) is 121. The lowest BCUT2D eigenvalue weighted by atomic mass is 9.96. The third-order valence-electron chi connectivity index (χ3n) is 19.7. The van der Waals surface area contributed by atoms with Crippen molar-refractivity contribution in [2.75, 3.05) is 26.4 Å². The molecule has 3 aliphatic heterocycles. The fraction of sp³-hybridized carbons (Fsp3) is 0.840. The summed E-state index contributed by atoms with van der Waals surface area (Å²) in [5.74, 6) is -0.281. The van der Waals surface area contributed by atoms with Crippen LogP contribution in [0.15, 0.2) is 72.9 Å². The summed E-state index contributed by atoms with van der Waals surface area (Å²) in [7, 11) is 0. The lowest BCUT2D eigenvalue weighted by molar-refractivity contribution is -0.379. The van der Waals surface area contributed by atoms with Crippen LogP contribution in [0.2, 0.25) is 0 Å². The number of hydrogen-bond donors (Lipinski definition) is 12. The number of rotatable bonds is 63. The van der Waals surface area contributed by atoms with Crippen molar-refractivity contribution in [1.82, 2.24) is 5.32 Å². The number of aliphatic hydroxyl groups is 11. The first-order chi connectivity index (χ1) is 48.8. The molecule has 100 heavy (non-hydrogen) atoms. The quantitative estimate of drug-likeness (QED) is 0.0199. The second kappa shape index (κ2) is 61.4. The van der Waals surface area contributed by atoms with E-state index >= 15 is 0 Å². The van der Waals surface area contributed by atoms with Gasteiger partial charge in [0.2, 0.25) is 5.91 Å². The Kier molecular flexibility index (Phi) is 56.1. The molecule has 0 spiro atoms. The highest BCUT2D eigenvalue weighted by Gasteiger charge is 2.54. The number of allylic oxidation sites excluding steroid dienone is 11. The summed E-state index contributed by atoms with van der Waals surface area (Å²) in [6.45, 7) is 1.63. The summed E-state index contributed by atoms with van der Waals surface area (Å²) in [6.07, 6.45) is 53.4. The van der Waals surface area contributed by atoms with Gasteiger partial charge in [0.05, 0.1) is 38.6 Å². The molecular formula is C81H145NO18. The third-order valence-corrected chi connectivity index (χ3v) is 19.7. The van der Waals surface area contributed by atoms with Crippen molar-refractivity contribution >= 4 is 5.91 Å². The van der Waals surface area contributed by atoms with Crippen molar-refractivity contribution in [3.8, 4) is 0 Å². The van der Waals surface area contributed by atoms with Gasteiger partial charge in [-0.25, -0.2) is 0 Å². The Morgan fingerprint density at radius 1 is 0.370 bits per heavy atom. The molecule has 1 amide bonds. The van der Waals surface area contributed by atoms with Crippen LogP contribution in [-0.4, -0.2) is 193 Å². The van der Waals surface area contributed by atoms with E-state index in [-0.39, 0.29) is 18.9 Å². The zero-order valence-corrected chi connectivity index (χ0v) is 62.2. The van der Waals surface area contributed by atoms with E-state index in [2.05, 4.69) is 79.9 Å². The number of aliphatic hydroxyl groups excluding tert-OH is 11. The van der Waals surface area contributed by atoms with Crippen LogP contribution < -0.4 is 5.32 Å². The van der Waals surface area contributed by atoms with E-state index < -0.39 is 124 Å². The predicted octanol–water partition coefficient (Wildman–Crippen LogP) is 13.2. The normalized spacial score (nSPS) is 26.8. The number of carbonyl (C=O) groups excluding carboxylic acids is 1. The van der Waals surface area contributed by atoms with Crippen LogP contribution >= 0.6 is 0 Å². The van der Waals surface area contributed by atoms with Crippen LogP contribution in [0.1, 0.15) is 303 Å². The van der Waals surface area contributed by atoms with Gasteiger partial charge in [-0.15, -0.1) is 0 Å². The molecule has 582 valence electrons. The molecule has 0 aromatic rings. The molecule has 3 fully saturated rings. The van der Waals surface area contributed by atoms with E-state index in [1.165, 1.54) is 205 Å². The number of unbranched alkanes of at least 4 members (excludes halogenated alkanes) is 37. The molecule has 19 heteroatoms. The molecule has 3 aliphatic rings. The molecule has 0 aromatic carbocycles. The van der Waals surface area contributed by atoms with Crippen molar-refractivity contribution in [2.45, 2.75) is 407 Å². The van der Waals surface area contributed by atoms with Crippen molar-refractivity contribution in [3.05, 3.63) is 72.9 Å². The number of nitrogens with one attached hydrogen (secondary N) is 1. The summed E-state index contributed by atoms with van der Waals surface area (Å²) >= 11 is 0. The van der Waals surface area contributed by atoms with Gasteiger partial charge in [-0.05, 0) is 70.6 Å². The summed E-state index contributed by atoms with van der Waals surface area (Å²) < 4.78 is 34.4. The molecule has 0 aromatic heterocycles. The predicted molar refractivity (Wildman–Crippen MR) is 397 cm³/mol. The molecule has 0 saturated carbocycles. The molecule has 17 atom stereocenters. The van der Waals surface area contributed by atoms with Crippen LogP contribution in [0, 0.1) is 0 Å². The molecule has 0 aliphatic carbocycles. The SMILES string of the molecule is CC/C=C\C/C=C\C/C=C\C/C=C\CCCCCCCCCCCCCCCCCCCCCCCCCCC(=O)NC(COC1OC(CO)C(OC2OC(CO)C(OC3OC(CO)C(O)C(O)C3O)C(O)C2O)C(O)C1O)C(O)/C=C/CC/C=C/CCCCCCCCCCCCCC. The smallest absolute Gasteiger partial charge is 0.220 e. The van der Waals surface area contributed by atoms with E-state index in [0.717, 1.165) is 64.2 Å². The Bertz CT molecular complexity index is 2090. The van der Waals surface area contributed by atoms with Gasteiger partial charge in [0, 0.05) is 6.42 Å². The maximum absolute atomic E-state index is 13.5. The molecular weight excluding hydrogens is 1270 g/mol. The minimum Gasteiger partial charge on any atom is -0.394 e. The van der Waals surface area contributed by atoms with Crippen molar-refractivity contribution < 1.29 is 89.4 Å². The number of ether oxygens (including phenoxy) is 6. The molecule has 3 saturated heterocycles. The number of hydrogen-bond acceptors (Lipinski definition) is 18. The van der Waals surface area contributed by atoms with Gasteiger partial charge in [0.15, 0.2) is 18.9 Å². The average Bonchev–Trinajstić information content (AvgIpc) is 0.783. The van der Waals surface area contributed by atoms with Crippen molar-refractivity contribution in [2.24, 2.45) is 0 Å². The van der Waals surface area contributed by atoms with Gasteiger partial charge in [-0.1, -0.05) is 299 Å². The second-order valence-corrected chi connectivity index (χ2v) is 28.5. The first-order valence-corrected chi connectivity index (χ1v) is 40.2. The topological polar surface area (TPSA) is 307 Å². The van der Waals surface area contributed by atoms with Gasteiger partial charge >= 0.3 is 0 Å². The second-order valence-electron chi connectivity index (χ2n) is 28.5. The molecule has 3 rings (SSSR count). The molecule has 17 unspecified atom stereocenters. The Balaban J connectivity index is 1.33. The maximum atomic E-state index is 13.5. The largest absolute Gasteiger partial charge is 0.394 e. The molecule has 0 radical (unpaired) electrons. The summed E-state index contributed by atoms with van der Waals surface area (Å²) in [4.78, 5) is 13.5. The zero-order valence-electron chi connectivity index (χ0n) is 62.2. The molecule has 12 N–H and O–H groups in total.